The van der Waals surface area contributed by atoms with E-state index in [0.29, 0.717) is 36.9 Å². The van der Waals surface area contributed by atoms with Crippen molar-refractivity contribution in [3.63, 3.8) is 0 Å². The second kappa shape index (κ2) is 10.6. The van der Waals surface area contributed by atoms with E-state index in [-0.39, 0.29) is 16.7 Å². The molecule has 0 unspecified atom stereocenters. The van der Waals surface area contributed by atoms with Crippen LogP contribution in [0, 0.1) is 40.4 Å². The van der Waals surface area contributed by atoms with E-state index in [1.807, 2.05) is 4.90 Å². The smallest absolute Gasteiger partial charge is 0.228 e. The first-order chi connectivity index (χ1) is 19.5. The predicted octanol–water partition coefficient (Wildman–Crippen LogP) is 6.83. The topological polar surface area (TPSA) is 64.4 Å². The van der Waals surface area contributed by atoms with E-state index in [1.54, 1.807) is 23.4 Å². The second-order valence-corrected chi connectivity index (χ2v) is 15.3. The molecule has 2 heterocycles. The van der Waals surface area contributed by atoms with Crippen molar-refractivity contribution in [2.24, 2.45) is 40.4 Å². The number of amides is 1. The van der Waals surface area contributed by atoms with E-state index in [4.69, 9.17) is 9.72 Å². The summed E-state index contributed by atoms with van der Waals surface area (Å²) >= 11 is 0. The van der Waals surface area contributed by atoms with Gasteiger partial charge in [0.2, 0.25) is 11.8 Å². The van der Waals surface area contributed by atoms with E-state index in [2.05, 4.69) is 40.7 Å². The van der Waals surface area contributed by atoms with Gasteiger partial charge in [0.15, 0.2) is 0 Å². The molecule has 6 rings (SSSR count). The summed E-state index contributed by atoms with van der Waals surface area (Å²) in [5.74, 6) is 4.13. The average Bonchev–Trinajstić information content (AvgIpc) is 3.52. The molecule has 0 spiro atoms. The molecular weight excluding hydrogens is 510 g/mol. The van der Waals surface area contributed by atoms with Crippen LogP contribution in [0.5, 0.6) is 0 Å². The molecule has 5 aliphatic rings. The Morgan fingerprint density at radius 1 is 1.07 bits per heavy atom. The van der Waals surface area contributed by atoms with Crippen LogP contribution in [-0.4, -0.2) is 52.6 Å². The van der Waals surface area contributed by atoms with Gasteiger partial charge in [0.25, 0.3) is 0 Å². The van der Waals surface area contributed by atoms with Crippen LogP contribution in [-0.2, 0) is 21.4 Å². The van der Waals surface area contributed by atoms with Gasteiger partial charge >= 0.3 is 0 Å². The molecule has 1 aliphatic heterocycles. The van der Waals surface area contributed by atoms with Crippen LogP contribution in [0.4, 0.5) is 0 Å². The Bertz CT molecular complexity index is 1210. The molecule has 2 saturated carbocycles. The zero-order valence-corrected chi connectivity index (χ0v) is 26.5. The van der Waals surface area contributed by atoms with Crippen LogP contribution in [0.1, 0.15) is 116 Å². The van der Waals surface area contributed by atoms with Gasteiger partial charge in [0, 0.05) is 38.3 Å². The van der Waals surface area contributed by atoms with Crippen molar-refractivity contribution >= 4 is 11.8 Å². The van der Waals surface area contributed by atoms with Crippen molar-refractivity contribution in [3.8, 4) is 0 Å². The Kier molecular flexibility index (Phi) is 7.56. The molecule has 6 nitrogen and oxygen atoms in total. The molecule has 226 valence electrons. The monoisotopic (exact) mass is 563 g/mol. The van der Waals surface area contributed by atoms with Crippen LogP contribution >= 0.6 is 0 Å². The first kappa shape index (κ1) is 29.1. The van der Waals surface area contributed by atoms with Crippen LogP contribution in [0.25, 0.3) is 0 Å². The third-order valence-corrected chi connectivity index (χ3v) is 12.9. The van der Waals surface area contributed by atoms with E-state index in [1.165, 1.54) is 38.5 Å². The zero-order chi connectivity index (χ0) is 29.2. The molecule has 6 heteroatoms. The summed E-state index contributed by atoms with van der Waals surface area (Å²) in [6.45, 7) is 16.9. The highest BCUT2D eigenvalue weighted by atomic mass is 16.5. The van der Waals surface area contributed by atoms with Gasteiger partial charge in [-0.05, 0) is 78.9 Å². The first-order valence-electron chi connectivity index (χ1n) is 16.6. The minimum Gasteiger partial charge on any atom is -0.378 e. The third kappa shape index (κ3) is 4.66. The van der Waals surface area contributed by atoms with Crippen LogP contribution in [0.15, 0.2) is 18.0 Å². The molecule has 0 radical (unpaired) electrons. The SMILES string of the molecule is CC(=O)n1cnc2c1C(C)(C)C1=CC[C@H]3[C@@H]4CC[C@H]([C@H](C)CCCCC(=O)N5CCOCC5)[C@@]4(C)CC[C@@H]3[C@@]1(C)C2. The Balaban J connectivity index is 1.13. The van der Waals surface area contributed by atoms with Crippen molar-refractivity contribution in [1.29, 1.82) is 0 Å². The number of carbonyl (C=O) groups is 2. The highest BCUT2D eigenvalue weighted by Crippen LogP contribution is 2.68. The number of fused-ring (bicyclic) bond motifs is 6. The summed E-state index contributed by atoms with van der Waals surface area (Å²) in [6, 6.07) is 0. The lowest BCUT2D eigenvalue weighted by Crippen LogP contribution is -2.54. The summed E-state index contributed by atoms with van der Waals surface area (Å²) in [6.07, 6.45) is 16.0. The van der Waals surface area contributed by atoms with Crippen LogP contribution in [0.2, 0.25) is 0 Å². The molecule has 0 N–H and O–H groups in total. The Morgan fingerprint density at radius 2 is 1.83 bits per heavy atom. The Hall–Kier alpha value is -1.95. The minimum absolute atomic E-state index is 0.0629. The average molecular weight is 564 g/mol. The Labute approximate surface area is 247 Å². The maximum atomic E-state index is 12.6. The molecule has 0 bridgehead atoms. The van der Waals surface area contributed by atoms with Crippen molar-refractivity contribution < 1.29 is 14.3 Å². The lowest BCUT2D eigenvalue weighted by molar-refractivity contribution is -0.135. The summed E-state index contributed by atoms with van der Waals surface area (Å²) in [5.41, 5.74) is 4.19. The van der Waals surface area contributed by atoms with Crippen LogP contribution < -0.4 is 0 Å². The third-order valence-electron chi connectivity index (χ3n) is 12.9. The molecule has 0 aromatic carbocycles. The molecule has 4 aliphatic carbocycles. The van der Waals surface area contributed by atoms with E-state index < -0.39 is 0 Å². The van der Waals surface area contributed by atoms with Gasteiger partial charge in [-0.2, -0.15) is 0 Å². The van der Waals surface area contributed by atoms with Crippen molar-refractivity contribution in [2.45, 2.75) is 111 Å². The summed E-state index contributed by atoms with van der Waals surface area (Å²) in [4.78, 5) is 31.8. The number of nitrogens with zero attached hydrogens (tertiary/aromatic N) is 3. The molecule has 41 heavy (non-hydrogen) atoms. The number of allylic oxidation sites excluding steroid dienone is 2. The molecular formula is C35H53N3O3. The molecule has 7 atom stereocenters. The summed E-state index contributed by atoms with van der Waals surface area (Å²) < 4.78 is 7.21. The normalized spacial score (nSPS) is 36.4. The first-order valence-corrected chi connectivity index (χ1v) is 16.6. The number of hydrogen-bond acceptors (Lipinski definition) is 4. The van der Waals surface area contributed by atoms with Crippen molar-refractivity contribution in [1.82, 2.24) is 14.5 Å². The van der Waals surface area contributed by atoms with Crippen molar-refractivity contribution in [3.05, 3.63) is 29.4 Å². The van der Waals surface area contributed by atoms with Crippen molar-refractivity contribution in [2.75, 3.05) is 26.3 Å². The largest absolute Gasteiger partial charge is 0.378 e. The fourth-order valence-electron chi connectivity index (χ4n) is 11.1. The van der Waals surface area contributed by atoms with Gasteiger partial charge in [0.1, 0.15) is 6.33 Å². The highest BCUT2D eigenvalue weighted by molar-refractivity contribution is 5.78. The second-order valence-electron chi connectivity index (χ2n) is 15.3. The highest BCUT2D eigenvalue weighted by Gasteiger charge is 2.61. The molecule has 1 saturated heterocycles. The fourth-order valence-corrected chi connectivity index (χ4v) is 11.1. The predicted molar refractivity (Wildman–Crippen MR) is 162 cm³/mol. The van der Waals surface area contributed by atoms with E-state index >= 15 is 0 Å². The number of imidazole rings is 1. The number of ether oxygens (including phenoxy) is 1. The number of unbranched alkanes of at least 4 members (excludes halogenated alkanes) is 1. The summed E-state index contributed by atoms with van der Waals surface area (Å²) in [5, 5.41) is 0. The van der Waals surface area contributed by atoms with E-state index in [0.717, 1.165) is 67.4 Å². The van der Waals surface area contributed by atoms with Gasteiger partial charge < -0.3 is 9.64 Å². The quantitative estimate of drug-likeness (QED) is 0.281. The zero-order valence-electron chi connectivity index (χ0n) is 26.5. The van der Waals surface area contributed by atoms with Gasteiger partial charge in [-0.1, -0.05) is 59.1 Å². The molecule has 1 aromatic rings. The lowest BCUT2D eigenvalue weighted by atomic mass is 9.44. The van der Waals surface area contributed by atoms with Crippen LogP contribution in [0.3, 0.4) is 0 Å². The Morgan fingerprint density at radius 3 is 2.56 bits per heavy atom. The fraction of sp³-hybridized carbons (Fsp3) is 0.800. The number of morpholine rings is 1. The number of aromatic nitrogens is 2. The molecule has 1 aromatic heterocycles. The standard InChI is InChI=1S/C35H53N3O3/c1-23(9-7-8-10-31(40)37-17-19-41-20-18-37)26-12-13-27-25-11-14-30-33(3,4)32-29(36-22-38(32)24(2)39)21-35(30,6)28(25)15-16-34(26,27)5/h14,22-23,25-28H,7-13,15-21H2,1-6H3/t23-,25+,26-,27+,28+,34-,35-/m1/s1. The number of carbonyl (C=O) groups excluding carboxylic acids is 2. The van der Waals surface area contributed by atoms with Gasteiger partial charge in [-0.25, -0.2) is 4.98 Å². The minimum atomic E-state index is -0.174. The maximum absolute atomic E-state index is 12.6. The molecule has 3 fully saturated rings. The lowest BCUT2D eigenvalue weighted by Gasteiger charge is -2.60. The maximum Gasteiger partial charge on any atom is 0.228 e. The van der Waals surface area contributed by atoms with Gasteiger partial charge in [-0.15, -0.1) is 0 Å². The van der Waals surface area contributed by atoms with E-state index in [9.17, 15) is 9.59 Å². The van der Waals surface area contributed by atoms with Gasteiger partial charge in [-0.3, -0.25) is 14.2 Å². The number of rotatable bonds is 6. The number of hydrogen-bond donors (Lipinski definition) is 0. The molecule has 1 amide bonds. The summed E-state index contributed by atoms with van der Waals surface area (Å²) in [7, 11) is 0. The van der Waals surface area contributed by atoms with Gasteiger partial charge in [0.05, 0.1) is 24.6 Å².